The van der Waals surface area contributed by atoms with E-state index in [9.17, 15) is 18.4 Å². The highest BCUT2D eigenvalue weighted by Gasteiger charge is 2.12. The first-order valence-electron chi connectivity index (χ1n) is 8.36. The number of ether oxygens (including phenoxy) is 2. The molecule has 144 valence electrons. The first-order valence-corrected chi connectivity index (χ1v) is 8.36. The minimum Gasteiger partial charge on any atom is -0.490 e. The van der Waals surface area contributed by atoms with Crippen molar-refractivity contribution >= 4 is 17.9 Å². The quantitative estimate of drug-likeness (QED) is 0.643. The molecule has 2 amide bonds. The van der Waals surface area contributed by atoms with Gasteiger partial charge in [0.15, 0.2) is 11.5 Å². The topological polar surface area (TPSA) is 67.9 Å². The number of nitrogens with zero attached hydrogens (tertiary/aromatic N) is 1. The molecule has 1 N–H and O–H groups in total. The van der Waals surface area contributed by atoms with Crippen molar-refractivity contribution in [2.45, 2.75) is 27.4 Å². The molecule has 8 heteroatoms. The Balaban J connectivity index is 2.70. The average molecular weight is 370 g/mol. The van der Waals surface area contributed by atoms with E-state index in [0.29, 0.717) is 18.7 Å². The Morgan fingerprint density at radius 3 is 2.46 bits per heavy atom. The first kappa shape index (κ1) is 21.4. The number of hydrogen-bond donors (Lipinski definition) is 1. The standard InChI is InChI=1S/C18H24F2N2O4/c1-4-22(5-2)17(24)12-21-16(23)10-8-13-7-9-14(26-18(19)20)15(11-13)25-6-3/h7-11,18H,4-6,12H2,1-3H3,(H,21,23)/b10-8+. The summed E-state index contributed by atoms with van der Waals surface area (Å²) in [5.74, 6) is -0.513. The Kier molecular flexibility index (Phi) is 9.11. The third-order valence-corrected chi connectivity index (χ3v) is 3.44. The molecule has 0 aliphatic rings. The normalized spacial score (nSPS) is 10.8. The molecule has 0 saturated heterocycles. The van der Waals surface area contributed by atoms with Crippen molar-refractivity contribution in [1.82, 2.24) is 10.2 Å². The van der Waals surface area contributed by atoms with Gasteiger partial charge in [-0.2, -0.15) is 8.78 Å². The second-order valence-electron chi connectivity index (χ2n) is 5.13. The summed E-state index contributed by atoms with van der Waals surface area (Å²) >= 11 is 0. The largest absolute Gasteiger partial charge is 0.490 e. The van der Waals surface area contributed by atoms with Crippen LogP contribution >= 0.6 is 0 Å². The number of amides is 2. The Morgan fingerprint density at radius 2 is 1.88 bits per heavy atom. The van der Waals surface area contributed by atoms with Crippen LogP contribution < -0.4 is 14.8 Å². The van der Waals surface area contributed by atoms with Gasteiger partial charge in [-0.1, -0.05) is 6.07 Å². The van der Waals surface area contributed by atoms with Gasteiger partial charge in [-0.3, -0.25) is 9.59 Å². The molecule has 0 saturated carbocycles. The third-order valence-electron chi connectivity index (χ3n) is 3.44. The van der Waals surface area contributed by atoms with Crippen molar-refractivity contribution in [3.05, 3.63) is 29.8 Å². The van der Waals surface area contributed by atoms with Gasteiger partial charge in [0.1, 0.15) is 0 Å². The molecule has 0 radical (unpaired) electrons. The van der Waals surface area contributed by atoms with Crippen LogP contribution in [0.4, 0.5) is 8.78 Å². The molecular formula is C18H24F2N2O4. The minimum atomic E-state index is -2.95. The van der Waals surface area contributed by atoms with E-state index in [1.165, 1.54) is 30.4 Å². The molecule has 1 rings (SSSR count). The van der Waals surface area contributed by atoms with Crippen molar-refractivity contribution < 1.29 is 27.8 Å². The van der Waals surface area contributed by atoms with Crippen LogP contribution in [0.3, 0.4) is 0 Å². The molecular weight excluding hydrogens is 346 g/mol. The zero-order chi connectivity index (χ0) is 19.5. The number of likely N-dealkylation sites (N-methyl/N-ethyl adjacent to an activating group) is 1. The van der Waals surface area contributed by atoms with E-state index in [0.717, 1.165) is 0 Å². The summed E-state index contributed by atoms with van der Waals surface area (Å²) in [6.07, 6.45) is 2.75. The van der Waals surface area contributed by atoms with Gasteiger partial charge in [-0.05, 0) is 44.5 Å². The van der Waals surface area contributed by atoms with Crippen LogP contribution in [0.1, 0.15) is 26.3 Å². The minimum absolute atomic E-state index is 0.0757. The van der Waals surface area contributed by atoms with Gasteiger partial charge in [-0.25, -0.2) is 0 Å². The van der Waals surface area contributed by atoms with Crippen LogP contribution in [-0.4, -0.2) is 49.6 Å². The molecule has 0 heterocycles. The first-order chi connectivity index (χ1) is 12.4. The smallest absolute Gasteiger partial charge is 0.387 e. The van der Waals surface area contributed by atoms with Crippen LogP contribution in [0.5, 0.6) is 11.5 Å². The fourth-order valence-electron chi connectivity index (χ4n) is 2.17. The number of halogens is 2. The van der Waals surface area contributed by atoms with Gasteiger partial charge >= 0.3 is 6.61 Å². The van der Waals surface area contributed by atoms with E-state index >= 15 is 0 Å². The van der Waals surface area contributed by atoms with Gasteiger partial charge in [0, 0.05) is 19.2 Å². The van der Waals surface area contributed by atoms with Crippen LogP contribution in [-0.2, 0) is 9.59 Å². The Morgan fingerprint density at radius 1 is 1.19 bits per heavy atom. The SMILES string of the molecule is CCOc1cc(/C=C/C(=O)NCC(=O)N(CC)CC)ccc1OC(F)F. The third kappa shape index (κ3) is 7.08. The van der Waals surface area contributed by atoms with E-state index in [4.69, 9.17) is 4.74 Å². The number of hydrogen-bond acceptors (Lipinski definition) is 4. The van der Waals surface area contributed by atoms with Crippen LogP contribution in [0.15, 0.2) is 24.3 Å². The molecule has 6 nitrogen and oxygen atoms in total. The number of carbonyl (C=O) groups is 2. The fraction of sp³-hybridized carbons (Fsp3) is 0.444. The van der Waals surface area contributed by atoms with Crippen LogP contribution in [0, 0.1) is 0 Å². The molecule has 0 atom stereocenters. The van der Waals surface area contributed by atoms with Crippen LogP contribution in [0.2, 0.25) is 0 Å². The van der Waals surface area contributed by atoms with Gasteiger partial charge in [0.2, 0.25) is 11.8 Å². The highest BCUT2D eigenvalue weighted by Crippen LogP contribution is 2.30. The lowest BCUT2D eigenvalue weighted by Crippen LogP contribution is -2.39. The van der Waals surface area contributed by atoms with Crippen molar-refractivity contribution in [1.29, 1.82) is 0 Å². The molecule has 0 fully saturated rings. The van der Waals surface area contributed by atoms with Gasteiger partial charge in [0.25, 0.3) is 0 Å². The lowest BCUT2D eigenvalue weighted by molar-refractivity contribution is -0.131. The molecule has 0 unspecified atom stereocenters. The molecule has 26 heavy (non-hydrogen) atoms. The molecule has 0 aromatic heterocycles. The van der Waals surface area contributed by atoms with Crippen molar-refractivity contribution in [3.8, 4) is 11.5 Å². The maximum Gasteiger partial charge on any atom is 0.387 e. The number of nitrogens with one attached hydrogen (secondary N) is 1. The average Bonchev–Trinajstić information content (AvgIpc) is 2.61. The summed E-state index contributed by atoms with van der Waals surface area (Å²) in [6.45, 7) is 3.83. The summed E-state index contributed by atoms with van der Waals surface area (Å²) in [5, 5.41) is 2.51. The molecule has 0 bridgehead atoms. The summed E-state index contributed by atoms with van der Waals surface area (Å²) in [4.78, 5) is 25.3. The van der Waals surface area contributed by atoms with E-state index in [-0.39, 0.29) is 30.6 Å². The lowest BCUT2D eigenvalue weighted by atomic mass is 10.2. The Bertz CT molecular complexity index is 632. The highest BCUT2D eigenvalue weighted by molar-refractivity contribution is 5.94. The predicted molar refractivity (Wildman–Crippen MR) is 94.2 cm³/mol. The zero-order valence-electron chi connectivity index (χ0n) is 15.1. The second kappa shape index (κ2) is 11.1. The maximum absolute atomic E-state index is 12.4. The number of benzene rings is 1. The second-order valence-corrected chi connectivity index (χ2v) is 5.13. The van der Waals surface area contributed by atoms with Gasteiger partial charge in [-0.15, -0.1) is 0 Å². The molecule has 1 aromatic rings. The van der Waals surface area contributed by atoms with E-state index in [1.54, 1.807) is 11.8 Å². The van der Waals surface area contributed by atoms with Crippen molar-refractivity contribution in [2.24, 2.45) is 0 Å². The zero-order valence-corrected chi connectivity index (χ0v) is 15.1. The number of alkyl halides is 2. The van der Waals surface area contributed by atoms with Crippen LogP contribution in [0.25, 0.3) is 6.08 Å². The monoisotopic (exact) mass is 370 g/mol. The van der Waals surface area contributed by atoms with Crippen molar-refractivity contribution in [2.75, 3.05) is 26.2 Å². The lowest BCUT2D eigenvalue weighted by Gasteiger charge is -2.18. The van der Waals surface area contributed by atoms with Gasteiger partial charge < -0.3 is 19.7 Å². The van der Waals surface area contributed by atoms with E-state index in [2.05, 4.69) is 10.1 Å². The summed E-state index contributed by atoms with van der Waals surface area (Å²) in [6, 6.07) is 4.36. The predicted octanol–water partition coefficient (Wildman–Crippen LogP) is 2.68. The van der Waals surface area contributed by atoms with Crippen molar-refractivity contribution in [3.63, 3.8) is 0 Å². The van der Waals surface area contributed by atoms with E-state index in [1.807, 2.05) is 13.8 Å². The summed E-state index contributed by atoms with van der Waals surface area (Å²) in [7, 11) is 0. The fourth-order valence-corrected chi connectivity index (χ4v) is 2.17. The summed E-state index contributed by atoms with van der Waals surface area (Å²) in [5.41, 5.74) is 0.570. The summed E-state index contributed by atoms with van der Waals surface area (Å²) < 4.78 is 34.4. The number of rotatable bonds is 10. The van der Waals surface area contributed by atoms with E-state index < -0.39 is 12.5 Å². The molecule has 0 aliphatic heterocycles. The highest BCUT2D eigenvalue weighted by atomic mass is 19.3. The molecule has 0 spiro atoms. The Labute approximate surface area is 151 Å². The molecule has 1 aromatic carbocycles. The van der Waals surface area contributed by atoms with Gasteiger partial charge in [0.05, 0.1) is 13.2 Å². The number of carbonyl (C=O) groups excluding carboxylic acids is 2. The maximum atomic E-state index is 12.4. The Hall–Kier alpha value is -2.64. The molecule has 0 aliphatic carbocycles.